The van der Waals surface area contributed by atoms with Crippen molar-refractivity contribution < 1.29 is 9.84 Å². The van der Waals surface area contributed by atoms with E-state index in [0.717, 1.165) is 30.7 Å². The maximum Gasteiger partial charge on any atom is 0.119 e. The van der Waals surface area contributed by atoms with E-state index in [9.17, 15) is 5.11 Å². The molecular formula is C19H29NO2. The molecule has 2 fully saturated rings. The molecule has 2 saturated carbocycles. The fraction of sp³-hybridized carbons (Fsp3) is 0.684. The fourth-order valence-electron chi connectivity index (χ4n) is 4.76. The Morgan fingerprint density at radius 2 is 2.00 bits per heavy atom. The second-order valence-corrected chi connectivity index (χ2v) is 8.16. The van der Waals surface area contributed by atoms with Crippen molar-refractivity contribution in [3.8, 4) is 5.75 Å². The van der Waals surface area contributed by atoms with Crippen LogP contribution in [0, 0.1) is 23.2 Å². The molecule has 2 aliphatic rings. The van der Waals surface area contributed by atoms with Crippen molar-refractivity contribution in [2.24, 2.45) is 23.2 Å². The summed E-state index contributed by atoms with van der Waals surface area (Å²) in [6.07, 6.45) is 2.21. The van der Waals surface area contributed by atoms with Crippen LogP contribution in [-0.4, -0.2) is 37.8 Å². The predicted molar refractivity (Wildman–Crippen MR) is 88.9 cm³/mol. The molecule has 1 aromatic rings. The van der Waals surface area contributed by atoms with Gasteiger partial charge in [-0.25, -0.2) is 0 Å². The summed E-state index contributed by atoms with van der Waals surface area (Å²) < 4.78 is 5.38. The largest absolute Gasteiger partial charge is 0.497 e. The molecule has 1 aromatic carbocycles. The molecule has 122 valence electrons. The number of hydrogen-bond donors (Lipinski definition) is 1. The number of aliphatic hydroxyl groups is 1. The Morgan fingerprint density at radius 3 is 2.64 bits per heavy atom. The Kier molecular flexibility index (Phi) is 3.77. The molecule has 1 N–H and O–H groups in total. The van der Waals surface area contributed by atoms with Gasteiger partial charge < -0.3 is 14.7 Å². The minimum Gasteiger partial charge on any atom is -0.497 e. The van der Waals surface area contributed by atoms with Crippen LogP contribution in [0.1, 0.15) is 32.3 Å². The van der Waals surface area contributed by atoms with E-state index in [4.69, 9.17) is 4.74 Å². The molecule has 0 aromatic heterocycles. The first-order valence-electron chi connectivity index (χ1n) is 8.30. The van der Waals surface area contributed by atoms with E-state index in [-0.39, 0.29) is 5.92 Å². The van der Waals surface area contributed by atoms with E-state index < -0.39 is 5.60 Å². The second kappa shape index (κ2) is 5.24. The topological polar surface area (TPSA) is 32.7 Å². The fourth-order valence-corrected chi connectivity index (χ4v) is 4.76. The van der Waals surface area contributed by atoms with Crippen LogP contribution in [0.25, 0.3) is 0 Å². The zero-order chi connectivity index (χ0) is 16.1. The van der Waals surface area contributed by atoms with Gasteiger partial charge in [-0.15, -0.1) is 0 Å². The summed E-state index contributed by atoms with van der Waals surface area (Å²) in [5, 5.41) is 11.7. The van der Waals surface area contributed by atoms with Gasteiger partial charge in [0, 0.05) is 12.5 Å². The van der Waals surface area contributed by atoms with Gasteiger partial charge in [0.1, 0.15) is 5.75 Å². The number of fused-ring (bicyclic) bond motifs is 1. The first kappa shape index (κ1) is 15.8. The van der Waals surface area contributed by atoms with Crippen LogP contribution in [0.15, 0.2) is 24.3 Å². The molecule has 0 amide bonds. The average Bonchev–Trinajstić information content (AvgIpc) is 3.26. The Hall–Kier alpha value is -1.06. The molecule has 0 saturated heterocycles. The van der Waals surface area contributed by atoms with Crippen molar-refractivity contribution in [1.29, 1.82) is 0 Å². The van der Waals surface area contributed by atoms with Crippen LogP contribution in [-0.2, 0) is 5.60 Å². The van der Waals surface area contributed by atoms with Crippen molar-refractivity contribution in [2.45, 2.75) is 32.3 Å². The average molecular weight is 303 g/mol. The van der Waals surface area contributed by atoms with E-state index in [0.29, 0.717) is 17.3 Å². The van der Waals surface area contributed by atoms with E-state index in [1.54, 1.807) is 7.11 Å². The lowest BCUT2D eigenvalue weighted by molar-refractivity contribution is -0.101. The van der Waals surface area contributed by atoms with Crippen molar-refractivity contribution >= 4 is 0 Å². The maximum atomic E-state index is 11.7. The zero-order valence-corrected chi connectivity index (χ0v) is 14.5. The maximum absolute atomic E-state index is 11.7. The lowest BCUT2D eigenvalue weighted by Crippen LogP contribution is -2.49. The van der Waals surface area contributed by atoms with Gasteiger partial charge in [-0.05, 0) is 61.9 Å². The van der Waals surface area contributed by atoms with Gasteiger partial charge in [-0.1, -0.05) is 26.0 Å². The lowest BCUT2D eigenvalue weighted by Gasteiger charge is -2.47. The number of rotatable bonds is 4. The Balaban J connectivity index is 2.00. The van der Waals surface area contributed by atoms with Crippen LogP contribution >= 0.6 is 0 Å². The van der Waals surface area contributed by atoms with E-state index in [1.165, 1.54) is 0 Å². The third-order valence-corrected chi connectivity index (χ3v) is 5.87. The van der Waals surface area contributed by atoms with E-state index >= 15 is 0 Å². The normalized spacial score (nSPS) is 36.0. The summed E-state index contributed by atoms with van der Waals surface area (Å²) in [5.74, 6) is 2.11. The number of methoxy groups -OCH3 is 1. The summed E-state index contributed by atoms with van der Waals surface area (Å²) in [6, 6.07) is 8.04. The van der Waals surface area contributed by atoms with Gasteiger partial charge in [0.15, 0.2) is 0 Å². The highest BCUT2D eigenvalue weighted by molar-refractivity contribution is 5.36. The highest BCUT2D eigenvalue weighted by Gasteiger charge is 2.65. The Morgan fingerprint density at radius 1 is 1.27 bits per heavy atom. The molecule has 0 aliphatic heterocycles. The van der Waals surface area contributed by atoms with Gasteiger partial charge in [-0.3, -0.25) is 0 Å². The molecule has 2 aliphatic carbocycles. The van der Waals surface area contributed by atoms with Crippen molar-refractivity contribution in [3.05, 3.63) is 29.8 Å². The molecule has 22 heavy (non-hydrogen) atoms. The molecule has 0 bridgehead atoms. The number of benzene rings is 1. The summed E-state index contributed by atoms with van der Waals surface area (Å²) in [4.78, 5) is 2.20. The second-order valence-electron chi connectivity index (χ2n) is 8.16. The number of nitrogens with zero attached hydrogens (tertiary/aromatic N) is 1. The van der Waals surface area contributed by atoms with Crippen LogP contribution in [0.5, 0.6) is 5.75 Å². The smallest absolute Gasteiger partial charge is 0.119 e. The van der Waals surface area contributed by atoms with Crippen molar-refractivity contribution in [2.75, 3.05) is 27.7 Å². The lowest BCUT2D eigenvalue weighted by atomic mass is 9.62. The molecule has 0 radical (unpaired) electrons. The van der Waals surface area contributed by atoms with Gasteiger partial charge in [-0.2, -0.15) is 0 Å². The highest BCUT2D eigenvalue weighted by atomic mass is 16.5. The van der Waals surface area contributed by atoms with Crippen LogP contribution in [0.4, 0.5) is 0 Å². The minimum absolute atomic E-state index is 0.258. The SMILES string of the molecule is COc1cccc(C2(O)C(CN(C)C)CC(C)(C)C3CC32)c1. The summed E-state index contributed by atoms with van der Waals surface area (Å²) in [5.41, 5.74) is 0.636. The summed E-state index contributed by atoms with van der Waals surface area (Å²) in [6.45, 7) is 5.65. The highest BCUT2D eigenvalue weighted by Crippen LogP contribution is 2.67. The van der Waals surface area contributed by atoms with Crippen LogP contribution < -0.4 is 4.74 Å². The third kappa shape index (κ3) is 2.44. The van der Waals surface area contributed by atoms with Gasteiger partial charge in [0.05, 0.1) is 12.7 Å². The quantitative estimate of drug-likeness (QED) is 0.927. The monoisotopic (exact) mass is 303 g/mol. The molecule has 4 atom stereocenters. The molecule has 3 heteroatoms. The standard InChI is InChI=1S/C19H29NO2/c1-18(2)11-14(12-20(3)4)19(21,17-10-16(17)18)13-7-6-8-15(9-13)22-5/h6-9,14,16-17,21H,10-12H2,1-5H3. The molecule has 0 spiro atoms. The summed E-state index contributed by atoms with van der Waals surface area (Å²) in [7, 11) is 5.88. The first-order chi connectivity index (χ1) is 10.3. The molecule has 3 rings (SSSR count). The van der Waals surface area contributed by atoms with Gasteiger partial charge in [0.25, 0.3) is 0 Å². The molecule has 3 nitrogen and oxygen atoms in total. The number of hydrogen-bond acceptors (Lipinski definition) is 3. The molecule has 0 heterocycles. The van der Waals surface area contributed by atoms with Crippen LogP contribution in [0.3, 0.4) is 0 Å². The minimum atomic E-state index is -0.723. The van der Waals surface area contributed by atoms with E-state index in [2.05, 4.69) is 38.9 Å². The van der Waals surface area contributed by atoms with E-state index in [1.807, 2.05) is 18.2 Å². The van der Waals surface area contributed by atoms with Crippen molar-refractivity contribution in [3.63, 3.8) is 0 Å². The first-order valence-corrected chi connectivity index (χ1v) is 8.30. The summed E-state index contributed by atoms with van der Waals surface area (Å²) >= 11 is 0. The Bertz CT molecular complexity index is 554. The zero-order valence-electron chi connectivity index (χ0n) is 14.5. The van der Waals surface area contributed by atoms with Gasteiger partial charge >= 0.3 is 0 Å². The molecule has 4 unspecified atom stereocenters. The predicted octanol–water partition coefficient (Wildman–Crippen LogP) is 3.13. The number of ether oxygens (including phenoxy) is 1. The van der Waals surface area contributed by atoms with Crippen LogP contribution in [0.2, 0.25) is 0 Å². The Labute approximate surface area is 134 Å². The molecular weight excluding hydrogens is 274 g/mol. The van der Waals surface area contributed by atoms with Gasteiger partial charge in [0.2, 0.25) is 0 Å². The third-order valence-electron chi connectivity index (χ3n) is 5.87. The van der Waals surface area contributed by atoms with Crippen molar-refractivity contribution in [1.82, 2.24) is 4.90 Å².